The number of benzene rings is 1. The Morgan fingerprint density at radius 3 is 2.47 bits per heavy atom. The largest absolute Gasteiger partial charge is 0.368 e. The fraction of sp³-hybridized carbons (Fsp3) is 0.417. The van der Waals surface area contributed by atoms with Crippen LogP contribution in [-0.4, -0.2) is 5.54 Å². The average molecular weight is 223 g/mol. The van der Waals surface area contributed by atoms with Gasteiger partial charge in [-0.15, -0.1) is 0 Å². The maximum atomic E-state index is 9.09. The van der Waals surface area contributed by atoms with Gasteiger partial charge in [-0.05, 0) is 37.6 Å². The third-order valence-corrected chi connectivity index (χ3v) is 2.51. The Labute approximate surface area is 95.9 Å². The van der Waals surface area contributed by atoms with Crippen molar-refractivity contribution in [3.05, 3.63) is 29.3 Å². The summed E-state index contributed by atoms with van der Waals surface area (Å²) in [4.78, 5) is 0. The van der Waals surface area contributed by atoms with Gasteiger partial charge in [0.25, 0.3) is 0 Å². The minimum Gasteiger partial charge on any atom is -0.368 e. The van der Waals surface area contributed by atoms with Gasteiger partial charge < -0.3 is 5.32 Å². The van der Waals surface area contributed by atoms with Gasteiger partial charge >= 0.3 is 0 Å². The van der Waals surface area contributed by atoms with E-state index in [9.17, 15) is 0 Å². The lowest BCUT2D eigenvalue weighted by molar-refractivity contribution is 0.579. The van der Waals surface area contributed by atoms with E-state index in [1.165, 1.54) is 0 Å². The predicted octanol–water partition coefficient (Wildman–Crippen LogP) is 3.83. The van der Waals surface area contributed by atoms with Gasteiger partial charge in [0.15, 0.2) is 0 Å². The Balaban J connectivity index is 2.76. The molecule has 1 aromatic carbocycles. The normalized spacial score (nSPS) is 14.0. The van der Waals surface area contributed by atoms with Gasteiger partial charge in [0.2, 0.25) is 0 Å². The molecule has 1 rings (SSSR count). The van der Waals surface area contributed by atoms with E-state index in [0.717, 1.165) is 18.5 Å². The van der Waals surface area contributed by atoms with Crippen LogP contribution >= 0.6 is 11.6 Å². The molecule has 0 radical (unpaired) electrons. The Hall–Kier alpha value is -1.20. The van der Waals surface area contributed by atoms with Crippen LogP contribution in [0.2, 0.25) is 5.02 Å². The van der Waals surface area contributed by atoms with E-state index in [1.807, 2.05) is 31.2 Å². The number of halogens is 1. The lowest BCUT2D eigenvalue weighted by Gasteiger charge is -2.23. The van der Waals surface area contributed by atoms with E-state index in [4.69, 9.17) is 16.9 Å². The van der Waals surface area contributed by atoms with Crippen LogP contribution in [0.5, 0.6) is 0 Å². The van der Waals surface area contributed by atoms with Gasteiger partial charge in [-0.25, -0.2) is 0 Å². The highest BCUT2D eigenvalue weighted by atomic mass is 35.5. The molecular formula is C12H15ClN2. The third-order valence-electron chi connectivity index (χ3n) is 2.26. The van der Waals surface area contributed by atoms with Crippen molar-refractivity contribution in [2.75, 3.05) is 5.32 Å². The average Bonchev–Trinajstić information content (AvgIpc) is 2.22. The highest BCUT2D eigenvalue weighted by Crippen LogP contribution is 2.20. The van der Waals surface area contributed by atoms with Crippen LogP contribution in [0.4, 0.5) is 5.69 Å². The van der Waals surface area contributed by atoms with Crippen LogP contribution in [0.25, 0.3) is 0 Å². The van der Waals surface area contributed by atoms with Crippen molar-refractivity contribution in [2.24, 2.45) is 0 Å². The number of rotatable bonds is 4. The second-order valence-corrected chi connectivity index (χ2v) is 4.26. The minimum atomic E-state index is -0.497. The second kappa shape index (κ2) is 5.04. The van der Waals surface area contributed by atoms with Crippen LogP contribution in [0, 0.1) is 11.3 Å². The summed E-state index contributed by atoms with van der Waals surface area (Å²) in [6.07, 6.45) is 1.80. The predicted molar refractivity (Wildman–Crippen MR) is 64.0 cm³/mol. The summed E-state index contributed by atoms with van der Waals surface area (Å²) >= 11 is 5.79. The Morgan fingerprint density at radius 2 is 2.00 bits per heavy atom. The molecule has 1 aromatic rings. The Morgan fingerprint density at radius 1 is 1.40 bits per heavy atom. The first-order chi connectivity index (χ1) is 7.09. The summed E-state index contributed by atoms with van der Waals surface area (Å²) in [5.74, 6) is 0. The summed E-state index contributed by atoms with van der Waals surface area (Å²) in [7, 11) is 0. The molecule has 0 heterocycles. The molecule has 0 aliphatic rings. The van der Waals surface area contributed by atoms with Crippen LogP contribution in [0.15, 0.2) is 24.3 Å². The highest BCUT2D eigenvalue weighted by molar-refractivity contribution is 6.30. The lowest BCUT2D eigenvalue weighted by atomic mass is 9.98. The molecule has 0 aromatic heterocycles. The third kappa shape index (κ3) is 3.45. The van der Waals surface area contributed by atoms with E-state index in [0.29, 0.717) is 5.02 Å². The van der Waals surface area contributed by atoms with E-state index in [1.54, 1.807) is 0 Å². The van der Waals surface area contributed by atoms with Crippen molar-refractivity contribution >= 4 is 17.3 Å². The molecule has 1 N–H and O–H groups in total. The van der Waals surface area contributed by atoms with Gasteiger partial charge in [0.1, 0.15) is 5.54 Å². The number of nitrogens with zero attached hydrogens (tertiary/aromatic N) is 1. The molecular weight excluding hydrogens is 208 g/mol. The molecule has 15 heavy (non-hydrogen) atoms. The van der Waals surface area contributed by atoms with Crippen molar-refractivity contribution in [1.29, 1.82) is 5.26 Å². The summed E-state index contributed by atoms with van der Waals surface area (Å²) in [5, 5.41) is 13.0. The van der Waals surface area contributed by atoms with Gasteiger partial charge in [0, 0.05) is 10.7 Å². The molecule has 1 unspecified atom stereocenters. The maximum absolute atomic E-state index is 9.09. The van der Waals surface area contributed by atoms with Gasteiger partial charge in [0.05, 0.1) is 6.07 Å². The van der Waals surface area contributed by atoms with Gasteiger partial charge in [-0.1, -0.05) is 24.9 Å². The van der Waals surface area contributed by atoms with Gasteiger partial charge in [-0.3, -0.25) is 0 Å². The molecule has 2 nitrogen and oxygen atoms in total. The summed E-state index contributed by atoms with van der Waals surface area (Å²) in [6, 6.07) is 9.69. The van der Waals surface area contributed by atoms with Crippen LogP contribution in [-0.2, 0) is 0 Å². The monoisotopic (exact) mass is 222 g/mol. The zero-order chi connectivity index (χ0) is 11.3. The summed E-state index contributed by atoms with van der Waals surface area (Å²) in [5.41, 5.74) is 0.430. The molecule has 80 valence electrons. The topological polar surface area (TPSA) is 35.8 Å². The van der Waals surface area contributed by atoms with Crippen molar-refractivity contribution in [1.82, 2.24) is 0 Å². The van der Waals surface area contributed by atoms with Crippen molar-refractivity contribution in [3.8, 4) is 6.07 Å². The van der Waals surface area contributed by atoms with Crippen LogP contribution in [0.3, 0.4) is 0 Å². The summed E-state index contributed by atoms with van der Waals surface area (Å²) < 4.78 is 0. The standard InChI is InChI=1S/C12H15ClN2/c1-3-8-12(2,9-14)15-11-6-4-10(13)5-7-11/h4-7,15H,3,8H2,1-2H3. The minimum absolute atomic E-state index is 0.497. The summed E-state index contributed by atoms with van der Waals surface area (Å²) in [6.45, 7) is 3.98. The van der Waals surface area contributed by atoms with Gasteiger partial charge in [-0.2, -0.15) is 5.26 Å². The van der Waals surface area contributed by atoms with Crippen molar-refractivity contribution in [2.45, 2.75) is 32.2 Å². The molecule has 0 spiro atoms. The smallest absolute Gasteiger partial charge is 0.122 e. The highest BCUT2D eigenvalue weighted by Gasteiger charge is 2.21. The fourth-order valence-electron chi connectivity index (χ4n) is 1.50. The first kappa shape index (κ1) is 11.9. The Kier molecular flexibility index (Phi) is 3.99. The molecule has 3 heteroatoms. The number of anilines is 1. The van der Waals surface area contributed by atoms with Crippen molar-refractivity contribution in [3.63, 3.8) is 0 Å². The van der Waals surface area contributed by atoms with E-state index >= 15 is 0 Å². The van der Waals surface area contributed by atoms with Crippen LogP contribution in [0.1, 0.15) is 26.7 Å². The molecule has 0 aliphatic carbocycles. The number of nitriles is 1. The van der Waals surface area contributed by atoms with Crippen LogP contribution < -0.4 is 5.32 Å². The molecule has 0 saturated carbocycles. The van der Waals surface area contributed by atoms with Crippen molar-refractivity contribution < 1.29 is 0 Å². The molecule has 0 bridgehead atoms. The number of hydrogen-bond donors (Lipinski definition) is 1. The fourth-order valence-corrected chi connectivity index (χ4v) is 1.62. The molecule has 1 atom stereocenters. The van der Waals surface area contributed by atoms with E-state index < -0.39 is 5.54 Å². The second-order valence-electron chi connectivity index (χ2n) is 3.83. The lowest BCUT2D eigenvalue weighted by Crippen LogP contribution is -2.32. The molecule has 0 saturated heterocycles. The first-order valence-corrected chi connectivity index (χ1v) is 5.42. The Bertz CT molecular complexity index is 353. The molecule has 0 fully saturated rings. The maximum Gasteiger partial charge on any atom is 0.122 e. The number of hydrogen-bond acceptors (Lipinski definition) is 2. The molecule has 0 aliphatic heterocycles. The quantitative estimate of drug-likeness (QED) is 0.841. The number of nitrogens with one attached hydrogen (secondary N) is 1. The SMILES string of the molecule is CCCC(C)(C#N)Nc1ccc(Cl)cc1. The first-order valence-electron chi connectivity index (χ1n) is 5.04. The zero-order valence-corrected chi connectivity index (χ0v) is 9.80. The van der Waals surface area contributed by atoms with E-state index in [-0.39, 0.29) is 0 Å². The zero-order valence-electron chi connectivity index (χ0n) is 9.05. The van der Waals surface area contributed by atoms with E-state index in [2.05, 4.69) is 18.3 Å². The molecule has 0 amide bonds.